The molecule has 0 bridgehead atoms. The van der Waals surface area contributed by atoms with E-state index < -0.39 is 0 Å². The number of ether oxygens (including phenoxy) is 1. The molecule has 0 fully saturated rings. The van der Waals surface area contributed by atoms with Crippen molar-refractivity contribution in [3.8, 4) is 5.75 Å². The fraction of sp³-hybridized carbons (Fsp3) is 0.500. The number of aliphatic hydroxyl groups is 1. The van der Waals surface area contributed by atoms with Gasteiger partial charge < -0.3 is 15.2 Å². The van der Waals surface area contributed by atoms with Gasteiger partial charge in [0.2, 0.25) is 0 Å². The molecule has 1 aromatic rings. The third-order valence-corrected chi connectivity index (χ3v) is 2.48. The van der Waals surface area contributed by atoms with E-state index in [0.717, 1.165) is 0 Å². The van der Waals surface area contributed by atoms with Gasteiger partial charge in [0.25, 0.3) is 5.91 Å². The maximum absolute atomic E-state index is 11.8. The standard InChI is InChI=1S/C12H18N2O3/c1-3-9(15)4-7-14-12(16)10-5-6-13-8-11(10)17-2/h5-6,8-9,15H,3-4,7H2,1-2H3,(H,14,16). The number of rotatable bonds is 6. The van der Waals surface area contributed by atoms with Crippen LogP contribution >= 0.6 is 0 Å². The highest BCUT2D eigenvalue weighted by Crippen LogP contribution is 2.15. The lowest BCUT2D eigenvalue weighted by Crippen LogP contribution is -2.27. The second kappa shape index (κ2) is 6.85. The van der Waals surface area contributed by atoms with E-state index in [1.807, 2.05) is 6.92 Å². The summed E-state index contributed by atoms with van der Waals surface area (Å²) in [6, 6.07) is 1.60. The summed E-state index contributed by atoms with van der Waals surface area (Å²) in [7, 11) is 1.49. The zero-order valence-corrected chi connectivity index (χ0v) is 10.1. The molecule has 0 aliphatic carbocycles. The molecule has 0 aliphatic rings. The molecule has 2 N–H and O–H groups in total. The van der Waals surface area contributed by atoms with Crippen molar-refractivity contribution in [3.63, 3.8) is 0 Å². The molecule has 17 heavy (non-hydrogen) atoms. The van der Waals surface area contributed by atoms with Crippen LogP contribution in [0.3, 0.4) is 0 Å². The van der Waals surface area contributed by atoms with Crippen molar-refractivity contribution in [2.24, 2.45) is 0 Å². The Morgan fingerprint density at radius 2 is 2.41 bits per heavy atom. The number of pyridine rings is 1. The molecule has 0 radical (unpaired) electrons. The zero-order valence-electron chi connectivity index (χ0n) is 10.1. The SMILES string of the molecule is CCC(O)CCNC(=O)c1ccncc1OC. The van der Waals surface area contributed by atoms with Crippen molar-refractivity contribution in [2.45, 2.75) is 25.9 Å². The van der Waals surface area contributed by atoms with Gasteiger partial charge in [-0.1, -0.05) is 6.92 Å². The average Bonchev–Trinajstić information content (AvgIpc) is 2.38. The van der Waals surface area contributed by atoms with E-state index >= 15 is 0 Å². The first-order chi connectivity index (χ1) is 8.19. The molecule has 1 heterocycles. The highest BCUT2D eigenvalue weighted by molar-refractivity contribution is 5.96. The topological polar surface area (TPSA) is 71.5 Å². The summed E-state index contributed by atoms with van der Waals surface area (Å²) in [5.41, 5.74) is 0.452. The van der Waals surface area contributed by atoms with Gasteiger partial charge in [-0.3, -0.25) is 9.78 Å². The molecule has 1 amide bonds. The summed E-state index contributed by atoms with van der Waals surface area (Å²) in [5.74, 6) is 0.230. The van der Waals surface area contributed by atoms with Gasteiger partial charge >= 0.3 is 0 Å². The highest BCUT2D eigenvalue weighted by Gasteiger charge is 2.11. The first-order valence-corrected chi connectivity index (χ1v) is 5.63. The highest BCUT2D eigenvalue weighted by atomic mass is 16.5. The Labute approximate surface area is 101 Å². The van der Waals surface area contributed by atoms with Crippen LogP contribution in [0.2, 0.25) is 0 Å². The number of hydrogen-bond donors (Lipinski definition) is 2. The summed E-state index contributed by atoms with van der Waals surface area (Å²) in [6.07, 6.45) is 3.91. The molecule has 1 aromatic heterocycles. The Morgan fingerprint density at radius 3 is 3.06 bits per heavy atom. The van der Waals surface area contributed by atoms with Gasteiger partial charge in [0, 0.05) is 12.7 Å². The lowest BCUT2D eigenvalue weighted by molar-refractivity contribution is 0.0939. The van der Waals surface area contributed by atoms with Crippen LogP contribution in [-0.4, -0.2) is 35.8 Å². The Kier molecular flexibility index (Phi) is 5.42. The van der Waals surface area contributed by atoms with E-state index in [2.05, 4.69) is 10.3 Å². The van der Waals surface area contributed by atoms with Crippen molar-refractivity contribution < 1.29 is 14.6 Å². The summed E-state index contributed by atoms with van der Waals surface area (Å²) in [5, 5.41) is 12.1. The predicted molar refractivity (Wildman–Crippen MR) is 64.0 cm³/mol. The fourth-order valence-corrected chi connectivity index (χ4v) is 1.38. The van der Waals surface area contributed by atoms with E-state index in [-0.39, 0.29) is 12.0 Å². The van der Waals surface area contributed by atoms with Gasteiger partial charge in [0.05, 0.1) is 25.0 Å². The third-order valence-electron chi connectivity index (χ3n) is 2.48. The smallest absolute Gasteiger partial charge is 0.255 e. The van der Waals surface area contributed by atoms with Crippen LogP contribution in [0.15, 0.2) is 18.5 Å². The number of aliphatic hydroxyl groups excluding tert-OH is 1. The Morgan fingerprint density at radius 1 is 1.65 bits per heavy atom. The molecule has 0 aliphatic heterocycles. The minimum Gasteiger partial charge on any atom is -0.494 e. The molecule has 1 rings (SSSR count). The number of methoxy groups -OCH3 is 1. The molecule has 1 unspecified atom stereocenters. The zero-order chi connectivity index (χ0) is 12.7. The van der Waals surface area contributed by atoms with Crippen molar-refractivity contribution in [1.82, 2.24) is 10.3 Å². The molecule has 5 heteroatoms. The van der Waals surface area contributed by atoms with E-state index in [0.29, 0.717) is 30.7 Å². The van der Waals surface area contributed by atoms with Gasteiger partial charge in [-0.05, 0) is 18.9 Å². The van der Waals surface area contributed by atoms with Gasteiger partial charge in [-0.2, -0.15) is 0 Å². The molecule has 5 nitrogen and oxygen atoms in total. The van der Waals surface area contributed by atoms with Crippen LogP contribution in [0.1, 0.15) is 30.1 Å². The second-order valence-corrected chi connectivity index (χ2v) is 3.68. The van der Waals surface area contributed by atoms with E-state index in [1.54, 1.807) is 12.3 Å². The molecule has 0 saturated heterocycles. The fourth-order valence-electron chi connectivity index (χ4n) is 1.38. The maximum atomic E-state index is 11.8. The van der Waals surface area contributed by atoms with Crippen LogP contribution in [0.4, 0.5) is 0 Å². The number of nitrogens with zero attached hydrogens (tertiary/aromatic N) is 1. The molecular weight excluding hydrogens is 220 g/mol. The number of hydrogen-bond acceptors (Lipinski definition) is 4. The van der Waals surface area contributed by atoms with Crippen molar-refractivity contribution >= 4 is 5.91 Å². The van der Waals surface area contributed by atoms with Gasteiger partial charge in [0.1, 0.15) is 5.75 Å². The molecule has 94 valence electrons. The van der Waals surface area contributed by atoms with Crippen molar-refractivity contribution in [2.75, 3.05) is 13.7 Å². The van der Waals surface area contributed by atoms with Crippen LogP contribution < -0.4 is 10.1 Å². The molecule has 0 spiro atoms. The predicted octanol–water partition coefficient (Wildman–Crippen LogP) is 0.981. The first-order valence-electron chi connectivity index (χ1n) is 5.63. The lowest BCUT2D eigenvalue weighted by atomic mass is 10.2. The van der Waals surface area contributed by atoms with E-state index in [4.69, 9.17) is 4.74 Å². The third kappa shape index (κ3) is 4.03. The average molecular weight is 238 g/mol. The van der Waals surface area contributed by atoms with Crippen molar-refractivity contribution in [3.05, 3.63) is 24.0 Å². The van der Waals surface area contributed by atoms with Gasteiger partial charge in [0.15, 0.2) is 0 Å². The minimum absolute atomic E-state index is 0.215. The number of nitrogens with one attached hydrogen (secondary N) is 1. The summed E-state index contributed by atoms with van der Waals surface area (Å²) < 4.78 is 5.04. The van der Waals surface area contributed by atoms with E-state index in [1.165, 1.54) is 13.3 Å². The molecule has 0 saturated carbocycles. The van der Waals surface area contributed by atoms with Crippen LogP contribution in [0.5, 0.6) is 5.75 Å². The Balaban J connectivity index is 2.52. The van der Waals surface area contributed by atoms with Crippen LogP contribution in [0, 0.1) is 0 Å². The largest absolute Gasteiger partial charge is 0.494 e. The lowest BCUT2D eigenvalue weighted by Gasteiger charge is -2.10. The number of amides is 1. The van der Waals surface area contributed by atoms with Crippen molar-refractivity contribution in [1.29, 1.82) is 0 Å². The first kappa shape index (κ1) is 13.4. The van der Waals surface area contributed by atoms with Crippen LogP contribution in [-0.2, 0) is 0 Å². The summed E-state index contributed by atoms with van der Waals surface area (Å²) in [6.45, 7) is 2.34. The maximum Gasteiger partial charge on any atom is 0.255 e. The monoisotopic (exact) mass is 238 g/mol. The second-order valence-electron chi connectivity index (χ2n) is 3.68. The van der Waals surface area contributed by atoms with Gasteiger partial charge in [-0.25, -0.2) is 0 Å². The normalized spacial score (nSPS) is 11.9. The Bertz CT molecular complexity index is 369. The molecule has 1 atom stereocenters. The summed E-state index contributed by atoms with van der Waals surface area (Å²) >= 11 is 0. The molecular formula is C12H18N2O3. The number of carbonyl (C=O) groups is 1. The number of carbonyl (C=O) groups excluding carboxylic acids is 1. The minimum atomic E-state index is -0.366. The summed E-state index contributed by atoms with van der Waals surface area (Å²) in [4.78, 5) is 15.7. The van der Waals surface area contributed by atoms with Crippen LogP contribution in [0.25, 0.3) is 0 Å². The quantitative estimate of drug-likeness (QED) is 0.775. The molecule has 0 aromatic carbocycles. The van der Waals surface area contributed by atoms with E-state index in [9.17, 15) is 9.90 Å². The number of aromatic nitrogens is 1. The Hall–Kier alpha value is -1.62. The van der Waals surface area contributed by atoms with Gasteiger partial charge in [-0.15, -0.1) is 0 Å².